The third kappa shape index (κ3) is 7.10. The highest BCUT2D eigenvalue weighted by molar-refractivity contribution is 5.79. The monoisotopic (exact) mass is 285 g/mol. The van der Waals surface area contributed by atoms with E-state index in [0.717, 1.165) is 32.1 Å². The Bertz CT molecular complexity index is 287. The summed E-state index contributed by atoms with van der Waals surface area (Å²) in [6.07, 6.45) is 6.65. The van der Waals surface area contributed by atoms with Crippen molar-refractivity contribution in [2.24, 2.45) is 4.99 Å². The predicted octanol–water partition coefficient (Wildman–Crippen LogP) is 1.93. The number of hydrogen-bond donors (Lipinski definition) is 2. The summed E-state index contributed by atoms with van der Waals surface area (Å²) >= 11 is 0. The number of nitrogens with one attached hydrogen (secondary N) is 2. The van der Waals surface area contributed by atoms with Crippen molar-refractivity contribution in [3.8, 4) is 0 Å². The molecule has 0 aromatic heterocycles. The molecule has 1 aliphatic carbocycles. The highest BCUT2D eigenvalue weighted by atomic mass is 16.5. The van der Waals surface area contributed by atoms with Gasteiger partial charge < -0.3 is 20.1 Å². The number of ether oxygens (including phenoxy) is 2. The van der Waals surface area contributed by atoms with Gasteiger partial charge in [0, 0.05) is 33.9 Å². The minimum Gasteiger partial charge on any atom is -0.378 e. The number of nitrogens with zero attached hydrogens (tertiary/aromatic N) is 1. The van der Waals surface area contributed by atoms with Crippen LogP contribution in [-0.4, -0.2) is 51.5 Å². The summed E-state index contributed by atoms with van der Waals surface area (Å²) in [7, 11) is 3.50. The Hall–Kier alpha value is -0.810. The predicted molar refractivity (Wildman–Crippen MR) is 83.3 cm³/mol. The van der Waals surface area contributed by atoms with Crippen LogP contribution in [0.25, 0.3) is 0 Å². The Balaban J connectivity index is 2.06. The zero-order valence-corrected chi connectivity index (χ0v) is 13.5. The van der Waals surface area contributed by atoms with Gasteiger partial charge in [0.05, 0.1) is 11.7 Å². The van der Waals surface area contributed by atoms with Crippen molar-refractivity contribution >= 4 is 5.96 Å². The van der Waals surface area contributed by atoms with Gasteiger partial charge in [-0.05, 0) is 33.1 Å². The van der Waals surface area contributed by atoms with Gasteiger partial charge in [-0.25, -0.2) is 0 Å². The molecule has 118 valence electrons. The summed E-state index contributed by atoms with van der Waals surface area (Å²) in [6.45, 7) is 6.52. The van der Waals surface area contributed by atoms with Crippen LogP contribution in [0, 0.1) is 0 Å². The van der Waals surface area contributed by atoms with Crippen LogP contribution in [0.3, 0.4) is 0 Å². The Morgan fingerprint density at radius 2 is 1.95 bits per heavy atom. The van der Waals surface area contributed by atoms with Crippen molar-refractivity contribution in [2.75, 3.05) is 33.9 Å². The molecule has 0 aromatic rings. The first-order chi connectivity index (χ1) is 9.57. The lowest BCUT2D eigenvalue weighted by Gasteiger charge is -2.24. The lowest BCUT2D eigenvalue weighted by atomic mass is 10.1. The first-order valence-electron chi connectivity index (χ1n) is 7.68. The standard InChI is InChI=1S/C15H31N3O2/c1-15(2,19-4)12-18-14(16-3)17-10-7-11-20-13-8-5-6-9-13/h13H,5-12H2,1-4H3,(H2,16,17,18). The van der Waals surface area contributed by atoms with E-state index >= 15 is 0 Å². The molecule has 5 nitrogen and oxygen atoms in total. The number of guanidine groups is 1. The largest absolute Gasteiger partial charge is 0.378 e. The van der Waals surface area contributed by atoms with E-state index < -0.39 is 0 Å². The molecule has 1 saturated carbocycles. The Morgan fingerprint density at radius 3 is 2.55 bits per heavy atom. The number of methoxy groups -OCH3 is 1. The summed E-state index contributed by atoms with van der Waals surface area (Å²) in [5.74, 6) is 0.816. The van der Waals surface area contributed by atoms with E-state index in [2.05, 4.69) is 15.6 Å². The molecule has 0 atom stereocenters. The fourth-order valence-electron chi connectivity index (χ4n) is 2.17. The zero-order valence-electron chi connectivity index (χ0n) is 13.5. The topological polar surface area (TPSA) is 54.9 Å². The van der Waals surface area contributed by atoms with Crippen LogP contribution in [0.5, 0.6) is 0 Å². The zero-order chi connectivity index (χ0) is 14.8. The molecule has 5 heteroatoms. The van der Waals surface area contributed by atoms with Gasteiger partial charge in [-0.15, -0.1) is 0 Å². The Labute approximate surface area is 123 Å². The second-order valence-corrected chi connectivity index (χ2v) is 5.95. The normalized spacial score (nSPS) is 17.5. The molecule has 0 amide bonds. The summed E-state index contributed by atoms with van der Waals surface area (Å²) in [5.41, 5.74) is -0.191. The number of aliphatic imine (C=N–C) groups is 1. The van der Waals surface area contributed by atoms with Crippen molar-refractivity contribution in [3.63, 3.8) is 0 Å². The minimum atomic E-state index is -0.191. The van der Waals surface area contributed by atoms with Crippen molar-refractivity contribution < 1.29 is 9.47 Å². The smallest absolute Gasteiger partial charge is 0.191 e. The van der Waals surface area contributed by atoms with Crippen LogP contribution in [0.15, 0.2) is 4.99 Å². The maximum atomic E-state index is 5.83. The van der Waals surface area contributed by atoms with E-state index in [4.69, 9.17) is 9.47 Å². The van der Waals surface area contributed by atoms with Crippen LogP contribution in [0.4, 0.5) is 0 Å². The van der Waals surface area contributed by atoms with Crippen molar-refractivity contribution in [2.45, 2.75) is 57.7 Å². The van der Waals surface area contributed by atoms with Gasteiger partial charge in [0.25, 0.3) is 0 Å². The first-order valence-corrected chi connectivity index (χ1v) is 7.68. The first kappa shape index (κ1) is 17.2. The van der Waals surface area contributed by atoms with Gasteiger partial charge in [0.15, 0.2) is 5.96 Å². The molecule has 0 spiro atoms. The van der Waals surface area contributed by atoms with Gasteiger partial charge in [0.1, 0.15) is 0 Å². The quantitative estimate of drug-likeness (QED) is 0.406. The Kier molecular flexibility index (Phi) is 7.92. The molecule has 20 heavy (non-hydrogen) atoms. The van der Waals surface area contributed by atoms with Crippen LogP contribution >= 0.6 is 0 Å². The van der Waals surface area contributed by atoms with Gasteiger partial charge in [0.2, 0.25) is 0 Å². The fraction of sp³-hybridized carbons (Fsp3) is 0.933. The van der Waals surface area contributed by atoms with Crippen molar-refractivity contribution in [1.82, 2.24) is 10.6 Å². The third-order valence-electron chi connectivity index (χ3n) is 3.73. The average Bonchev–Trinajstić information content (AvgIpc) is 2.95. The number of hydrogen-bond acceptors (Lipinski definition) is 3. The highest BCUT2D eigenvalue weighted by Crippen LogP contribution is 2.20. The Morgan fingerprint density at radius 1 is 1.25 bits per heavy atom. The molecule has 1 fully saturated rings. The van der Waals surface area contributed by atoms with E-state index in [0.29, 0.717) is 6.10 Å². The van der Waals surface area contributed by atoms with Crippen molar-refractivity contribution in [1.29, 1.82) is 0 Å². The van der Waals surface area contributed by atoms with Crippen LogP contribution in [0.2, 0.25) is 0 Å². The molecule has 2 N–H and O–H groups in total. The highest BCUT2D eigenvalue weighted by Gasteiger charge is 2.16. The van der Waals surface area contributed by atoms with Crippen LogP contribution in [-0.2, 0) is 9.47 Å². The summed E-state index contributed by atoms with van der Waals surface area (Å²) < 4.78 is 11.2. The van der Waals surface area contributed by atoms with Gasteiger partial charge in [-0.2, -0.15) is 0 Å². The molecule has 0 radical (unpaired) electrons. The molecule has 0 aliphatic heterocycles. The van der Waals surface area contributed by atoms with E-state index in [9.17, 15) is 0 Å². The van der Waals surface area contributed by atoms with Gasteiger partial charge in [-0.3, -0.25) is 4.99 Å². The molecule has 0 unspecified atom stereocenters. The van der Waals surface area contributed by atoms with Gasteiger partial charge >= 0.3 is 0 Å². The van der Waals surface area contributed by atoms with Crippen molar-refractivity contribution in [3.05, 3.63) is 0 Å². The molecule has 0 aromatic carbocycles. The molecular weight excluding hydrogens is 254 g/mol. The summed E-state index contributed by atoms with van der Waals surface area (Å²) in [4.78, 5) is 4.20. The molecule has 1 aliphatic rings. The SMILES string of the molecule is CN=C(NCCCOC1CCCC1)NCC(C)(C)OC. The fourth-order valence-corrected chi connectivity index (χ4v) is 2.17. The second kappa shape index (κ2) is 9.19. The number of rotatable bonds is 8. The second-order valence-electron chi connectivity index (χ2n) is 5.95. The summed E-state index contributed by atoms with van der Waals surface area (Å²) in [5, 5.41) is 6.56. The lowest BCUT2D eigenvalue weighted by Crippen LogP contribution is -2.45. The maximum absolute atomic E-state index is 5.83. The summed E-state index contributed by atoms with van der Waals surface area (Å²) in [6, 6.07) is 0. The van der Waals surface area contributed by atoms with Gasteiger partial charge in [-0.1, -0.05) is 12.8 Å². The van der Waals surface area contributed by atoms with Crippen LogP contribution in [0.1, 0.15) is 46.0 Å². The molecule has 0 saturated heterocycles. The third-order valence-corrected chi connectivity index (χ3v) is 3.73. The van der Waals surface area contributed by atoms with E-state index in [1.54, 1.807) is 14.2 Å². The van der Waals surface area contributed by atoms with E-state index in [1.165, 1.54) is 25.7 Å². The minimum absolute atomic E-state index is 0.191. The van der Waals surface area contributed by atoms with E-state index in [-0.39, 0.29) is 5.60 Å². The molecule has 1 rings (SSSR count). The van der Waals surface area contributed by atoms with Crippen LogP contribution < -0.4 is 10.6 Å². The maximum Gasteiger partial charge on any atom is 0.191 e. The average molecular weight is 285 g/mol. The molecule has 0 heterocycles. The molecule has 0 bridgehead atoms. The lowest BCUT2D eigenvalue weighted by molar-refractivity contribution is 0.0268. The van der Waals surface area contributed by atoms with E-state index in [1.807, 2.05) is 13.8 Å². The molecular formula is C15H31N3O2.